The van der Waals surface area contributed by atoms with Crippen LogP contribution in [0.15, 0.2) is 28.7 Å². The number of carbonyl (C=O) groups is 2. The number of carboxylic acids is 1. The second kappa shape index (κ2) is 5.56. The fourth-order valence-corrected chi connectivity index (χ4v) is 2.76. The third kappa shape index (κ3) is 2.87. The monoisotopic (exact) mass is 339 g/mol. The largest absolute Gasteiger partial charge is 0.481 e. The van der Waals surface area contributed by atoms with Crippen LogP contribution in [0.2, 0.25) is 0 Å². The second-order valence-corrected chi connectivity index (χ2v) is 6.56. The Balaban J connectivity index is 2.09. The van der Waals surface area contributed by atoms with Gasteiger partial charge in [0.25, 0.3) is 0 Å². The molecule has 1 amide bonds. The lowest BCUT2D eigenvalue weighted by Crippen LogP contribution is -2.36. The molecular weight excluding hydrogens is 322 g/mol. The molecule has 0 bridgehead atoms. The van der Waals surface area contributed by atoms with Crippen molar-refractivity contribution in [2.75, 3.05) is 13.1 Å². The molecule has 1 N–H and O–H groups in total. The van der Waals surface area contributed by atoms with Gasteiger partial charge in [-0.1, -0.05) is 28.1 Å². The van der Waals surface area contributed by atoms with Crippen molar-refractivity contribution >= 4 is 27.8 Å². The maximum atomic E-state index is 12.5. The van der Waals surface area contributed by atoms with E-state index in [2.05, 4.69) is 15.9 Å². The zero-order chi connectivity index (χ0) is 14.9. The molecule has 0 spiro atoms. The van der Waals surface area contributed by atoms with Crippen LogP contribution in [0.1, 0.15) is 31.7 Å². The number of carbonyl (C=O) groups excluding carboxylic acids is 1. The molecule has 1 fully saturated rings. The lowest BCUT2D eigenvalue weighted by Gasteiger charge is -2.23. The average Bonchev–Trinajstić information content (AvgIpc) is 2.82. The maximum absolute atomic E-state index is 12.5. The molecule has 4 nitrogen and oxygen atoms in total. The Labute approximate surface area is 126 Å². The van der Waals surface area contributed by atoms with Crippen molar-refractivity contribution in [2.24, 2.45) is 5.41 Å². The molecule has 1 heterocycles. The van der Waals surface area contributed by atoms with Crippen LogP contribution in [0.25, 0.3) is 0 Å². The summed E-state index contributed by atoms with van der Waals surface area (Å²) in [5.74, 6) is -1.08. The first-order valence-electron chi connectivity index (χ1n) is 6.61. The highest BCUT2D eigenvalue weighted by Crippen LogP contribution is 2.32. The van der Waals surface area contributed by atoms with Crippen molar-refractivity contribution in [1.82, 2.24) is 4.90 Å². The van der Waals surface area contributed by atoms with Gasteiger partial charge in [0.15, 0.2) is 0 Å². The Bertz CT molecular complexity index is 528. The first-order valence-corrected chi connectivity index (χ1v) is 7.40. The van der Waals surface area contributed by atoms with Gasteiger partial charge in [-0.3, -0.25) is 9.59 Å². The predicted octanol–water partition coefficient (Wildman–Crippen LogP) is 2.88. The number of aliphatic carboxylic acids is 1. The fraction of sp³-hybridized carbons (Fsp3) is 0.467. The van der Waals surface area contributed by atoms with Gasteiger partial charge in [-0.2, -0.15) is 0 Å². The molecule has 1 saturated heterocycles. The molecule has 0 aliphatic carbocycles. The van der Waals surface area contributed by atoms with Crippen molar-refractivity contribution in [3.63, 3.8) is 0 Å². The summed E-state index contributed by atoms with van der Waals surface area (Å²) in [6, 6.07) is 7.65. The molecule has 0 aromatic heterocycles. The zero-order valence-corrected chi connectivity index (χ0v) is 13.2. The maximum Gasteiger partial charge on any atom is 0.311 e. The van der Waals surface area contributed by atoms with E-state index in [9.17, 15) is 14.7 Å². The molecule has 0 radical (unpaired) electrons. The molecule has 1 aromatic rings. The summed E-state index contributed by atoms with van der Waals surface area (Å²) >= 11 is 3.37. The minimum atomic E-state index is -0.830. The van der Waals surface area contributed by atoms with Crippen LogP contribution >= 0.6 is 15.9 Å². The van der Waals surface area contributed by atoms with Crippen molar-refractivity contribution < 1.29 is 14.7 Å². The molecule has 0 saturated carbocycles. The molecule has 1 aliphatic heterocycles. The van der Waals surface area contributed by atoms with Gasteiger partial charge in [0.1, 0.15) is 0 Å². The van der Waals surface area contributed by atoms with Crippen molar-refractivity contribution in [3.8, 4) is 0 Å². The van der Waals surface area contributed by atoms with Crippen molar-refractivity contribution in [2.45, 2.75) is 26.2 Å². The highest BCUT2D eigenvalue weighted by molar-refractivity contribution is 9.10. The Morgan fingerprint density at radius 3 is 2.45 bits per heavy atom. The van der Waals surface area contributed by atoms with Gasteiger partial charge < -0.3 is 10.0 Å². The number of nitrogens with zero attached hydrogens (tertiary/aromatic N) is 1. The number of carboxylic acid groups (broad SMARTS) is 1. The smallest absolute Gasteiger partial charge is 0.311 e. The van der Waals surface area contributed by atoms with Gasteiger partial charge in [0, 0.05) is 17.6 Å². The van der Waals surface area contributed by atoms with Crippen molar-refractivity contribution in [3.05, 3.63) is 34.3 Å². The van der Waals surface area contributed by atoms with Crippen LogP contribution in [0.5, 0.6) is 0 Å². The Kier molecular flexibility index (Phi) is 4.18. The van der Waals surface area contributed by atoms with E-state index < -0.39 is 11.4 Å². The Hall–Kier alpha value is -1.36. The standard InChI is InChI=1S/C15H18BrNO3/c1-10(11-3-5-12(16)6-4-11)13(18)17-8-7-15(2,9-17)14(19)20/h3-6,10H,7-9H2,1-2H3,(H,19,20). The molecule has 2 unspecified atom stereocenters. The summed E-state index contributed by atoms with van der Waals surface area (Å²) in [6.07, 6.45) is 0.515. The van der Waals surface area contributed by atoms with Gasteiger partial charge in [-0.15, -0.1) is 0 Å². The summed E-state index contributed by atoms with van der Waals surface area (Å²) < 4.78 is 0.973. The third-order valence-electron chi connectivity index (χ3n) is 4.04. The molecule has 5 heteroatoms. The first-order chi connectivity index (χ1) is 9.33. The zero-order valence-electron chi connectivity index (χ0n) is 11.6. The molecule has 108 valence electrons. The number of likely N-dealkylation sites (tertiary alicyclic amines) is 1. The summed E-state index contributed by atoms with van der Waals surface area (Å²) in [5, 5.41) is 9.22. The van der Waals surface area contributed by atoms with Crippen LogP contribution < -0.4 is 0 Å². The highest BCUT2D eigenvalue weighted by Gasteiger charge is 2.42. The summed E-state index contributed by atoms with van der Waals surface area (Å²) in [7, 11) is 0. The van der Waals surface area contributed by atoms with Gasteiger partial charge in [0.05, 0.1) is 11.3 Å². The number of amides is 1. The molecule has 2 rings (SSSR count). The number of hydrogen-bond acceptors (Lipinski definition) is 2. The minimum Gasteiger partial charge on any atom is -0.481 e. The molecular formula is C15H18BrNO3. The van der Waals surface area contributed by atoms with Gasteiger partial charge >= 0.3 is 5.97 Å². The van der Waals surface area contributed by atoms with Crippen LogP contribution in [0.3, 0.4) is 0 Å². The SMILES string of the molecule is CC(C(=O)N1CCC(C)(C(=O)O)C1)c1ccc(Br)cc1. The van der Waals surface area contributed by atoms with Gasteiger partial charge in [-0.25, -0.2) is 0 Å². The van der Waals surface area contributed by atoms with E-state index in [1.807, 2.05) is 31.2 Å². The summed E-state index contributed by atoms with van der Waals surface area (Å²) in [4.78, 5) is 25.4. The van der Waals surface area contributed by atoms with Gasteiger partial charge in [0.2, 0.25) is 5.91 Å². The number of rotatable bonds is 3. The topological polar surface area (TPSA) is 57.6 Å². The molecule has 1 aromatic carbocycles. The minimum absolute atomic E-state index is 0.00250. The lowest BCUT2D eigenvalue weighted by molar-refractivity contribution is -0.147. The highest BCUT2D eigenvalue weighted by atomic mass is 79.9. The molecule has 2 atom stereocenters. The van der Waals surface area contributed by atoms with E-state index in [1.165, 1.54) is 0 Å². The molecule has 20 heavy (non-hydrogen) atoms. The first kappa shape index (κ1) is 15.0. The van der Waals surface area contributed by atoms with Crippen LogP contribution in [0.4, 0.5) is 0 Å². The lowest BCUT2D eigenvalue weighted by atomic mass is 9.90. The second-order valence-electron chi connectivity index (χ2n) is 5.65. The van der Waals surface area contributed by atoms with E-state index in [0.717, 1.165) is 10.0 Å². The third-order valence-corrected chi connectivity index (χ3v) is 4.57. The summed E-state index contributed by atoms with van der Waals surface area (Å²) in [5.41, 5.74) is 0.136. The van der Waals surface area contributed by atoms with E-state index in [-0.39, 0.29) is 11.8 Å². The van der Waals surface area contributed by atoms with E-state index >= 15 is 0 Å². The van der Waals surface area contributed by atoms with Crippen LogP contribution in [-0.2, 0) is 9.59 Å². The number of halogens is 1. The van der Waals surface area contributed by atoms with E-state index in [4.69, 9.17) is 0 Å². The summed E-state index contributed by atoms with van der Waals surface area (Å²) in [6.45, 7) is 4.37. The number of hydrogen-bond donors (Lipinski definition) is 1. The van der Waals surface area contributed by atoms with Crippen LogP contribution in [-0.4, -0.2) is 35.0 Å². The van der Waals surface area contributed by atoms with Crippen molar-refractivity contribution in [1.29, 1.82) is 0 Å². The van der Waals surface area contributed by atoms with Gasteiger partial charge in [-0.05, 0) is 38.0 Å². The van der Waals surface area contributed by atoms with Crippen LogP contribution in [0, 0.1) is 5.41 Å². The Morgan fingerprint density at radius 1 is 1.35 bits per heavy atom. The van der Waals surface area contributed by atoms with E-state index in [1.54, 1.807) is 11.8 Å². The molecule has 1 aliphatic rings. The predicted molar refractivity (Wildman–Crippen MR) is 79.5 cm³/mol. The normalized spacial score (nSPS) is 23.6. The quantitative estimate of drug-likeness (QED) is 0.921. The number of benzene rings is 1. The Morgan fingerprint density at radius 2 is 1.95 bits per heavy atom. The fourth-order valence-electron chi connectivity index (χ4n) is 2.49. The van der Waals surface area contributed by atoms with E-state index in [0.29, 0.717) is 19.5 Å². The average molecular weight is 340 g/mol.